The maximum absolute atomic E-state index is 13.5. The monoisotopic (exact) mass is 712 g/mol. The minimum absolute atomic E-state index is 0.562. The van der Waals surface area contributed by atoms with E-state index in [1.165, 1.54) is 41.5 Å². The number of rotatable bonds is 9. The average Bonchev–Trinajstić information content (AvgIpc) is 3.64. The maximum atomic E-state index is 13.5. The van der Waals surface area contributed by atoms with E-state index < -0.39 is 16.1 Å². The lowest BCUT2D eigenvalue weighted by Gasteiger charge is -2.42. The van der Waals surface area contributed by atoms with Crippen molar-refractivity contribution in [3.63, 3.8) is 0 Å². The Hall–Kier alpha value is -6.34. The molecule has 9 aromatic rings. The number of hydrogen-bond acceptors (Lipinski definition) is 2. The standard InChI is InChI=1S/C49H36O2Si2/c50-36-37-35-46(52(38-21-7-1-8-22-38,39-23-9-2-10-24-39)40-25-11-3-12-26-40)49(47-44-33-19-20-34-45(44)51-48(37)47)53(41-27-13-4-14-28-41,42-29-15-5-16-30-42)43-31-17-6-18-32-43/h1-36H. The van der Waals surface area contributed by atoms with Gasteiger partial charge in [0.15, 0.2) is 22.4 Å². The van der Waals surface area contributed by atoms with Gasteiger partial charge in [0.2, 0.25) is 0 Å². The van der Waals surface area contributed by atoms with E-state index in [2.05, 4.69) is 200 Å². The van der Waals surface area contributed by atoms with Crippen molar-refractivity contribution in [3.05, 3.63) is 218 Å². The van der Waals surface area contributed by atoms with Crippen LogP contribution in [-0.4, -0.2) is 22.4 Å². The Labute approximate surface area is 311 Å². The van der Waals surface area contributed by atoms with Gasteiger partial charge in [0.05, 0.1) is 5.56 Å². The van der Waals surface area contributed by atoms with Gasteiger partial charge >= 0.3 is 0 Å². The average molecular weight is 713 g/mol. The molecule has 1 heterocycles. The molecule has 0 radical (unpaired) electrons. The van der Waals surface area contributed by atoms with Gasteiger partial charge in [-0.05, 0) is 53.6 Å². The normalized spacial score (nSPS) is 11.8. The second kappa shape index (κ2) is 13.7. The van der Waals surface area contributed by atoms with Crippen LogP contribution in [0.15, 0.2) is 217 Å². The molecule has 0 aliphatic carbocycles. The van der Waals surface area contributed by atoms with Crippen molar-refractivity contribution in [3.8, 4) is 0 Å². The van der Waals surface area contributed by atoms with Crippen molar-refractivity contribution in [2.45, 2.75) is 0 Å². The number of fused-ring (bicyclic) bond motifs is 3. The molecule has 0 atom stereocenters. The molecule has 0 saturated carbocycles. The molecule has 0 spiro atoms. The molecule has 0 fully saturated rings. The molecule has 0 saturated heterocycles. The van der Waals surface area contributed by atoms with E-state index in [4.69, 9.17) is 4.42 Å². The zero-order chi connectivity index (χ0) is 35.7. The summed E-state index contributed by atoms with van der Waals surface area (Å²) in [6.45, 7) is 0. The van der Waals surface area contributed by atoms with Gasteiger partial charge in [-0.25, -0.2) is 0 Å². The molecule has 53 heavy (non-hydrogen) atoms. The van der Waals surface area contributed by atoms with Crippen LogP contribution in [0, 0.1) is 0 Å². The highest BCUT2D eigenvalue weighted by Gasteiger charge is 2.51. The SMILES string of the molecule is O=Cc1cc([Si](c2ccccc2)(c2ccccc2)c2ccccc2)c([Si](c2ccccc2)(c2ccccc2)c2ccccc2)c2c1oc1ccccc12. The molecule has 1 aromatic heterocycles. The summed E-state index contributed by atoms with van der Waals surface area (Å²) in [7, 11) is -6.52. The minimum atomic E-state index is -3.28. The van der Waals surface area contributed by atoms with Gasteiger partial charge in [0.1, 0.15) is 11.2 Å². The summed E-state index contributed by atoms with van der Waals surface area (Å²) in [5.74, 6) is 0. The Morgan fingerprint density at radius 1 is 0.396 bits per heavy atom. The van der Waals surface area contributed by atoms with Gasteiger partial charge in [-0.3, -0.25) is 4.79 Å². The lowest BCUT2D eigenvalue weighted by Crippen LogP contribution is -2.84. The predicted octanol–water partition coefficient (Wildman–Crippen LogP) is 6.15. The number of para-hydroxylation sites is 1. The molecule has 4 heteroatoms. The van der Waals surface area contributed by atoms with Crippen LogP contribution in [0.4, 0.5) is 0 Å². The number of benzene rings is 8. The summed E-state index contributed by atoms with van der Waals surface area (Å²) in [6.07, 6.45) is 0.995. The van der Waals surface area contributed by atoms with Gasteiger partial charge in [-0.2, -0.15) is 0 Å². The summed E-state index contributed by atoms with van der Waals surface area (Å²) in [4.78, 5) is 13.5. The van der Waals surface area contributed by atoms with E-state index in [9.17, 15) is 4.79 Å². The molecule has 2 nitrogen and oxygen atoms in total. The molecule has 252 valence electrons. The fraction of sp³-hybridized carbons (Fsp3) is 0. The third kappa shape index (κ3) is 5.10. The second-order valence-electron chi connectivity index (χ2n) is 13.5. The molecule has 0 unspecified atom stereocenters. The van der Waals surface area contributed by atoms with Crippen LogP contribution in [-0.2, 0) is 0 Å². The number of carbonyl (C=O) groups is 1. The fourth-order valence-electron chi connectivity index (χ4n) is 8.73. The smallest absolute Gasteiger partial charge is 0.180 e. The highest BCUT2D eigenvalue weighted by atomic mass is 28.3. The van der Waals surface area contributed by atoms with Crippen LogP contribution in [0.3, 0.4) is 0 Å². The lowest BCUT2D eigenvalue weighted by atomic mass is 10.1. The largest absolute Gasteiger partial charge is 0.455 e. The fourth-order valence-corrected chi connectivity index (χ4v) is 19.8. The first-order valence-corrected chi connectivity index (χ1v) is 22.1. The van der Waals surface area contributed by atoms with Crippen LogP contribution < -0.4 is 41.5 Å². The van der Waals surface area contributed by atoms with Gasteiger partial charge in [-0.1, -0.05) is 200 Å². The van der Waals surface area contributed by atoms with E-state index in [1.54, 1.807) is 0 Å². The topological polar surface area (TPSA) is 30.2 Å². The van der Waals surface area contributed by atoms with Crippen molar-refractivity contribution in [1.29, 1.82) is 0 Å². The highest BCUT2D eigenvalue weighted by Crippen LogP contribution is 2.31. The zero-order valence-corrected chi connectivity index (χ0v) is 31.1. The Morgan fingerprint density at radius 3 is 1.11 bits per heavy atom. The van der Waals surface area contributed by atoms with Crippen LogP contribution in [0.2, 0.25) is 0 Å². The van der Waals surface area contributed by atoms with Crippen molar-refractivity contribution in [1.82, 2.24) is 0 Å². The summed E-state index contributed by atoms with van der Waals surface area (Å²) in [5.41, 5.74) is 1.97. The summed E-state index contributed by atoms with van der Waals surface area (Å²) < 4.78 is 6.81. The van der Waals surface area contributed by atoms with Gasteiger partial charge < -0.3 is 4.42 Å². The first kappa shape index (κ1) is 32.6. The highest BCUT2D eigenvalue weighted by molar-refractivity contribution is 7.27. The van der Waals surface area contributed by atoms with Crippen molar-refractivity contribution >= 4 is 85.9 Å². The van der Waals surface area contributed by atoms with Gasteiger partial charge in [-0.15, -0.1) is 0 Å². The molecule has 0 aliphatic heterocycles. The molecule has 0 aliphatic rings. The van der Waals surface area contributed by atoms with E-state index in [0.717, 1.165) is 22.6 Å². The Morgan fingerprint density at radius 2 is 0.736 bits per heavy atom. The first-order chi connectivity index (χ1) is 26.3. The number of carbonyl (C=O) groups excluding carboxylic acids is 1. The minimum Gasteiger partial charge on any atom is -0.455 e. The van der Waals surface area contributed by atoms with Gasteiger partial charge in [0.25, 0.3) is 0 Å². The molecule has 8 aromatic carbocycles. The molecule has 0 N–H and O–H groups in total. The first-order valence-electron chi connectivity index (χ1n) is 18.1. The van der Waals surface area contributed by atoms with Crippen LogP contribution in [0.1, 0.15) is 10.4 Å². The van der Waals surface area contributed by atoms with E-state index >= 15 is 0 Å². The maximum Gasteiger partial charge on any atom is 0.180 e. The van der Waals surface area contributed by atoms with Crippen molar-refractivity contribution < 1.29 is 9.21 Å². The molecular weight excluding hydrogens is 677 g/mol. The molecule has 9 rings (SSSR count). The third-order valence-electron chi connectivity index (χ3n) is 10.8. The summed E-state index contributed by atoms with van der Waals surface area (Å²) >= 11 is 0. The van der Waals surface area contributed by atoms with Gasteiger partial charge in [0, 0.05) is 10.8 Å². The van der Waals surface area contributed by atoms with E-state index in [0.29, 0.717) is 11.1 Å². The summed E-state index contributed by atoms with van der Waals surface area (Å²) in [6, 6.07) is 76.7. The van der Waals surface area contributed by atoms with Crippen molar-refractivity contribution in [2.75, 3.05) is 0 Å². The number of hydrogen-bond donors (Lipinski definition) is 0. The van der Waals surface area contributed by atoms with Crippen LogP contribution in [0.25, 0.3) is 21.9 Å². The Kier molecular flexibility index (Phi) is 8.39. The Bertz CT molecular complexity index is 2470. The number of aldehydes is 1. The third-order valence-corrected chi connectivity index (χ3v) is 20.7. The predicted molar refractivity (Wildman–Crippen MR) is 226 cm³/mol. The molecule has 0 amide bonds. The van der Waals surface area contributed by atoms with Crippen LogP contribution >= 0.6 is 0 Å². The molecule has 0 bridgehead atoms. The second-order valence-corrected chi connectivity index (χ2v) is 21.0. The molecular formula is C49H36O2Si2. The lowest BCUT2D eigenvalue weighted by molar-refractivity contribution is 0.112. The summed E-state index contributed by atoms with van der Waals surface area (Å²) in [5, 5.41) is 12.0. The van der Waals surface area contributed by atoms with Crippen LogP contribution in [0.5, 0.6) is 0 Å². The zero-order valence-electron chi connectivity index (χ0n) is 29.1. The Balaban J connectivity index is 1.65. The van der Waals surface area contributed by atoms with E-state index in [-0.39, 0.29) is 0 Å². The quantitative estimate of drug-likeness (QED) is 0.102. The van der Waals surface area contributed by atoms with Crippen molar-refractivity contribution in [2.24, 2.45) is 0 Å². The van der Waals surface area contributed by atoms with E-state index in [1.807, 2.05) is 12.1 Å². The number of furan rings is 1.